The SMILES string of the molecule is C=CCCCCCC(N)C(CC)(CC)OCC. The highest BCUT2D eigenvalue weighted by Gasteiger charge is 2.33. The zero-order valence-corrected chi connectivity index (χ0v) is 12.0. The van der Waals surface area contributed by atoms with Gasteiger partial charge in [-0.2, -0.15) is 0 Å². The van der Waals surface area contributed by atoms with Crippen LogP contribution in [0.5, 0.6) is 0 Å². The molecule has 0 radical (unpaired) electrons. The summed E-state index contributed by atoms with van der Waals surface area (Å²) in [7, 11) is 0. The van der Waals surface area contributed by atoms with Gasteiger partial charge in [0.05, 0.1) is 5.60 Å². The zero-order chi connectivity index (χ0) is 13.1. The Bertz CT molecular complexity index is 187. The Labute approximate surface area is 108 Å². The third-order valence-corrected chi connectivity index (χ3v) is 3.73. The average Bonchev–Trinajstić information content (AvgIpc) is 2.35. The Morgan fingerprint density at radius 3 is 2.29 bits per heavy atom. The first kappa shape index (κ1) is 16.7. The predicted molar refractivity (Wildman–Crippen MR) is 76.2 cm³/mol. The van der Waals surface area contributed by atoms with Crippen LogP contribution >= 0.6 is 0 Å². The maximum Gasteiger partial charge on any atom is 0.0827 e. The summed E-state index contributed by atoms with van der Waals surface area (Å²) >= 11 is 0. The Balaban J connectivity index is 4.04. The minimum Gasteiger partial charge on any atom is -0.374 e. The molecule has 0 aromatic carbocycles. The number of hydrogen-bond donors (Lipinski definition) is 1. The molecule has 0 aliphatic rings. The van der Waals surface area contributed by atoms with Crippen molar-refractivity contribution in [2.45, 2.75) is 77.4 Å². The molecule has 102 valence electrons. The van der Waals surface area contributed by atoms with Gasteiger partial charge in [-0.1, -0.05) is 32.8 Å². The van der Waals surface area contributed by atoms with Crippen molar-refractivity contribution in [2.24, 2.45) is 5.73 Å². The maximum atomic E-state index is 6.33. The number of ether oxygens (including phenoxy) is 1. The molecule has 1 unspecified atom stereocenters. The molecule has 17 heavy (non-hydrogen) atoms. The van der Waals surface area contributed by atoms with Gasteiger partial charge in [0.15, 0.2) is 0 Å². The van der Waals surface area contributed by atoms with E-state index in [1.165, 1.54) is 19.3 Å². The molecule has 1 atom stereocenters. The quantitative estimate of drug-likeness (QED) is 0.437. The van der Waals surface area contributed by atoms with Crippen LogP contribution in [0, 0.1) is 0 Å². The van der Waals surface area contributed by atoms with E-state index >= 15 is 0 Å². The summed E-state index contributed by atoms with van der Waals surface area (Å²) in [5, 5.41) is 0. The number of hydrogen-bond acceptors (Lipinski definition) is 2. The van der Waals surface area contributed by atoms with Gasteiger partial charge in [0.1, 0.15) is 0 Å². The highest BCUT2D eigenvalue weighted by molar-refractivity contribution is 4.89. The fourth-order valence-corrected chi connectivity index (χ4v) is 2.47. The molecular weight excluding hydrogens is 210 g/mol. The first-order valence-corrected chi connectivity index (χ1v) is 7.17. The fourth-order valence-electron chi connectivity index (χ4n) is 2.47. The topological polar surface area (TPSA) is 35.2 Å². The first-order chi connectivity index (χ1) is 8.16. The Morgan fingerprint density at radius 2 is 1.82 bits per heavy atom. The summed E-state index contributed by atoms with van der Waals surface area (Å²) in [4.78, 5) is 0. The maximum absolute atomic E-state index is 6.33. The van der Waals surface area contributed by atoms with Crippen LogP contribution in [0.15, 0.2) is 12.7 Å². The highest BCUT2D eigenvalue weighted by atomic mass is 16.5. The first-order valence-electron chi connectivity index (χ1n) is 7.17. The van der Waals surface area contributed by atoms with E-state index in [-0.39, 0.29) is 11.6 Å². The summed E-state index contributed by atoms with van der Waals surface area (Å²) in [5.41, 5.74) is 6.23. The Morgan fingerprint density at radius 1 is 1.18 bits per heavy atom. The fraction of sp³-hybridized carbons (Fsp3) is 0.867. The van der Waals surface area contributed by atoms with Crippen LogP contribution in [0.4, 0.5) is 0 Å². The second-order valence-corrected chi connectivity index (χ2v) is 4.74. The van der Waals surface area contributed by atoms with Crippen LogP contribution in [-0.2, 0) is 4.74 Å². The molecule has 0 fully saturated rings. The van der Waals surface area contributed by atoms with Crippen molar-refractivity contribution in [3.63, 3.8) is 0 Å². The van der Waals surface area contributed by atoms with Gasteiger partial charge in [0.2, 0.25) is 0 Å². The molecule has 2 heteroatoms. The van der Waals surface area contributed by atoms with E-state index in [1.54, 1.807) is 0 Å². The van der Waals surface area contributed by atoms with Crippen LogP contribution < -0.4 is 5.73 Å². The van der Waals surface area contributed by atoms with Crippen molar-refractivity contribution in [3.05, 3.63) is 12.7 Å². The summed E-state index contributed by atoms with van der Waals surface area (Å²) in [5.74, 6) is 0. The number of unbranched alkanes of at least 4 members (excludes halogenated alkanes) is 3. The third-order valence-electron chi connectivity index (χ3n) is 3.73. The molecular formula is C15H31NO. The lowest BCUT2D eigenvalue weighted by atomic mass is 9.85. The molecule has 0 aromatic heterocycles. The summed E-state index contributed by atoms with van der Waals surface area (Å²) < 4.78 is 5.93. The molecule has 0 saturated carbocycles. The van der Waals surface area contributed by atoms with Gasteiger partial charge in [-0.15, -0.1) is 6.58 Å². The van der Waals surface area contributed by atoms with E-state index in [9.17, 15) is 0 Å². The largest absolute Gasteiger partial charge is 0.374 e. The molecule has 0 spiro atoms. The molecule has 0 amide bonds. The molecule has 0 rings (SSSR count). The summed E-state index contributed by atoms with van der Waals surface area (Å²) in [6.07, 6.45) is 9.86. The second-order valence-electron chi connectivity index (χ2n) is 4.74. The normalized spacial score (nSPS) is 13.6. The second kappa shape index (κ2) is 9.67. The van der Waals surface area contributed by atoms with Gasteiger partial charge in [-0.3, -0.25) is 0 Å². The molecule has 0 saturated heterocycles. The van der Waals surface area contributed by atoms with E-state index in [0.717, 1.165) is 32.3 Å². The lowest BCUT2D eigenvalue weighted by molar-refractivity contribution is -0.0654. The minimum atomic E-state index is -0.104. The number of rotatable bonds is 11. The van der Waals surface area contributed by atoms with Crippen LogP contribution in [0.25, 0.3) is 0 Å². The van der Waals surface area contributed by atoms with Crippen LogP contribution in [0.3, 0.4) is 0 Å². The van der Waals surface area contributed by atoms with Crippen LogP contribution in [-0.4, -0.2) is 18.2 Å². The molecule has 0 aromatic rings. The Hall–Kier alpha value is -0.340. The van der Waals surface area contributed by atoms with Crippen molar-refractivity contribution < 1.29 is 4.74 Å². The van der Waals surface area contributed by atoms with Gasteiger partial charge >= 0.3 is 0 Å². The van der Waals surface area contributed by atoms with Gasteiger partial charge in [-0.05, 0) is 39.0 Å². The van der Waals surface area contributed by atoms with E-state index in [4.69, 9.17) is 10.5 Å². The molecule has 0 heterocycles. The molecule has 0 aliphatic carbocycles. The van der Waals surface area contributed by atoms with Crippen LogP contribution in [0.2, 0.25) is 0 Å². The lowest BCUT2D eigenvalue weighted by Gasteiger charge is -2.37. The van der Waals surface area contributed by atoms with Gasteiger partial charge in [0, 0.05) is 12.6 Å². The van der Waals surface area contributed by atoms with E-state index in [1.807, 2.05) is 6.08 Å². The van der Waals surface area contributed by atoms with Gasteiger partial charge in [-0.25, -0.2) is 0 Å². The summed E-state index contributed by atoms with van der Waals surface area (Å²) in [6.45, 7) is 10.9. The summed E-state index contributed by atoms with van der Waals surface area (Å²) in [6, 6.07) is 0.168. The van der Waals surface area contributed by atoms with Crippen LogP contribution in [0.1, 0.15) is 65.7 Å². The van der Waals surface area contributed by atoms with E-state index in [2.05, 4.69) is 27.4 Å². The average molecular weight is 241 g/mol. The molecule has 2 N–H and O–H groups in total. The van der Waals surface area contributed by atoms with Crippen molar-refractivity contribution in [3.8, 4) is 0 Å². The van der Waals surface area contributed by atoms with Crippen molar-refractivity contribution >= 4 is 0 Å². The molecule has 0 bridgehead atoms. The third kappa shape index (κ3) is 5.69. The zero-order valence-electron chi connectivity index (χ0n) is 12.0. The number of nitrogens with two attached hydrogens (primary N) is 1. The van der Waals surface area contributed by atoms with Crippen molar-refractivity contribution in [2.75, 3.05) is 6.61 Å². The smallest absolute Gasteiger partial charge is 0.0827 e. The number of allylic oxidation sites excluding steroid dienone is 1. The molecule has 0 aliphatic heterocycles. The van der Waals surface area contributed by atoms with Gasteiger partial charge in [0.25, 0.3) is 0 Å². The van der Waals surface area contributed by atoms with E-state index in [0.29, 0.717) is 0 Å². The Kier molecular flexibility index (Phi) is 9.47. The predicted octanol–water partition coefficient (Wildman–Crippen LogP) is 4.05. The lowest BCUT2D eigenvalue weighted by Crippen LogP contribution is -2.49. The standard InChI is InChI=1S/C15H31NO/c1-5-9-10-11-12-13-14(16)15(6-2,7-3)17-8-4/h5,14H,1,6-13,16H2,2-4H3. The monoisotopic (exact) mass is 241 g/mol. The van der Waals surface area contributed by atoms with Gasteiger partial charge < -0.3 is 10.5 Å². The van der Waals surface area contributed by atoms with Crippen molar-refractivity contribution in [1.82, 2.24) is 0 Å². The molecule has 2 nitrogen and oxygen atoms in total. The highest BCUT2D eigenvalue weighted by Crippen LogP contribution is 2.26. The minimum absolute atomic E-state index is 0.104. The van der Waals surface area contributed by atoms with Crippen molar-refractivity contribution in [1.29, 1.82) is 0 Å². The van der Waals surface area contributed by atoms with E-state index < -0.39 is 0 Å².